The van der Waals surface area contributed by atoms with E-state index < -0.39 is 0 Å². The van der Waals surface area contributed by atoms with E-state index in [-0.39, 0.29) is 29.7 Å². The topological polar surface area (TPSA) is 75.1 Å². The van der Waals surface area contributed by atoms with Crippen molar-refractivity contribution in [2.45, 2.75) is 20.0 Å². The third-order valence-corrected chi connectivity index (χ3v) is 4.45. The molecule has 3 N–H and O–H groups in total. The Morgan fingerprint density at radius 1 is 1.12 bits per heavy atom. The van der Waals surface area contributed by atoms with Crippen molar-refractivity contribution in [3.05, 3.63) is 39.6 Å². The fourth-order valence-corrected chi connectivity index (χ4v) is 3.04. The van der Waals surface area contributed by atoms with Crippen molar-refractivity contribution in [1.82, 2.24) is 10.6 Å². The Labute approximate surface area is 169 Å². The van der Waals surface area contributed by atoms with Crippen LogP contribution in [0.5, 0.6) is 17.2 Å². The van der Waals surface area contributed by atoms with Gasteiger partial charge in [0.2, 0.25) is 5.75 Å². The summed E-state index contributed by atoms with van der Waals surface area (Å²) in [6, 6.07) is 7.74. The maximum Gasteiger partial charge on any atom is 0.200 e. The summed E-state index contributed by atoms with van der Waals surface area (Å²) in [5.41, 5.74) is 0.913. The predicted octanol–water partition coefficient (Wildman–Crippen LogP) is 3.26. The van der Waals surface area contributed by atoms with Crippen LogP contribution in [0.2, 0.25) is 0 Å². The highest BCUT2D eigenvalue weighted by Gasteiger charge is 2.11. The van der Waals surface area contributed by atoms with E-state index in [0.29, 0.717) is 24.0 Å². The monoisotopic (exact) mass is 477 g/mol. The summed E-state index contributed by atoms with van der Waals surface area (Å²) in [5.74, 6) is 1.46. The number of nitrogens with one attached hydrogen (secondary N) is 2. The van der Waals surface area contributed by atoms with E-state index in [0.717, 1.165) is 12.1 Å². The third-order valence-electron chi connectivity index (χ3n) is 3.45. The van der Waals surface area contributed by atoms with Crippen LogP contribution in [0, 0.1) is 6.92 Å². The van der Waals surface area contributed by atoms with Crippen LogP contribution < -0.4 is 20.1 Å². The number of ether oxygens (including phenoxy) is 2. The summed E-state index contributed by atoms with van der Waals surface area (Å²) in [6.07, 6.45) is 0. The lowest BCUT2D eigenvalue weighted by Crippen LogP contribution is -2.36. The maximum absolute atomic E-state index is 9.94. The summed E-state index contributed by atoms with van der Waals surface area (Å²) in [6.45, 7) is 3.34. The first-order chi connectivity index (χ1) is 11.6. The first kappa shape index (κ1) is 21.4. The molecule has 0 saturated heterocycles. The van der Waals surface area contributed by atoms with E-state index in [2.05, 4.69) is 34.7 Å². The lowest BCUT2D eigenvalue weighted by atomic mass is 10.2. The van der Waals surface area contributed by atoms with Gasteiger partial charge >= 0.3 is 0 Å². The molecule has 0 amide bonds. The van der Waals surface area contributed by atoms with Gasteiger partial charge in [-0.3, -0.25) is 4.99 Å². The Bertz CT molecular complexity index is 694. The molecule has 1 aromatic heterocycles. The maximum atomic E-state index is 9.94. The molecular formula is C17H24IN3O3S. The second-order valence-electron chi connectivity index (χ2n) is 5.14. The third kappa shape index (κ3) is 5.96. The van der Waals surface area contributed by atoms with Crippen molar-refractivity contribution in [3.8, 4) is 17.2 Å². The molecule has 2 aromatic rings. The molecule has 138 valence electrons. The summed E-state index contributed by atoms with van der Waals surface area (Å²) < 4.78 is 10.3. The van der Waals surface area contributed by atoms with Crippen molar-refractivity contribution < 1.29 is 14.6 Å². The van der Waals surface area contributed by atoms with Gasteiger partial charge in [0.25, 0.3) is 0 Å². The number of benzene rings is 1. The molecule has 0 atom stereocenters. The van der Waals surface area contributed by atoms with Gasteiger partial charge in [0.05, 0.1) is 20.8 Å². The molecule has 25 heavy (non-hydrogen) atoms. The summed E-state index contributed by atoms with van der Waals surface area (Å²) in [7, 11) is 4.75. The van der Waals surface area contributed by atoms with Crippen LogP contribution in [0.3, 0.4) is 0 Å². The minimum absolute atomic E-state index is 0. The van der Waals surface area contributed by atoms with E-state index in [4.69, 9.17) is 9.47 Å². The molecule has 0 fully saturated rings. The minimum atomic E-state index is -0.000628. The molecule has 0 saturated carbocycles. The van der Waals surface area contributed by atoms with E-state index in [1.54, 1.807) is 30.5 Å². The number of aryl methyl sites for hydroxylation is 1. The van der Waals surface area contributed by atoms with Crippen LogP contribution in [0.1, 0.15) is 15.3 Å². The summed E-state index contributed by atoms with van der Waals surface area (Å²) in [5, 5.41) is 16.5. The minimum Gasteiger partial charge on any atom is -0.502 e. The van der Waals surface area contributed by atoms with Crippen LogP contribution >= 0.6 is 35.3 Å². The molecule has 2 rings (SSSR count). The van der Waals surface area contributed by atoms with Gasteiger partial charge in [-0.15, -0.1) is 35.3 Å². The Hall–Kier alpha value is -1.68. The average molecular weight is 477 g/mol. The van der Waals surface area contributed by atoms with Crippen LogP contribution in [-0.4, -0.2) is 32.3 Å². The van der Waals surface area contributed by atoms with Gasteiger partial charge < -0.3 is 25.2 Å². The number of phenolic OH excluding ortho intramolecular Hbond substituents is 1. The van der Waals surface area contributed by atoms with E-state index >= 15 is 0 Å². The normalized spacial score (nSPS) is 10.8. The number of nitrogens with zero attached hydrogens (tertiary/aromatic N) is 1. The molecule has 1 aromatic carbocycles. The predicted molar refractivity (Wildman–Crippen MR) is 113 cm³/mol. The number of aliphatic imine (C=N–C) groups is 1. The average Bonchev–Trinajstić information content (AvgIpc) is 3.01. The molecule has 0 aliphatic carbocycles. The second-order valence-corrected chi connectivity index (χ2v) is 6.51. The highest BCUT2D eigenvalue weighted by molar-refractivity contribution is 14.0. The highest BCUT2D eigenvalue weighted by Crippen LogP contribution is 2.36. The number of hydrogen-bond acceptors (Lipinski definition) is 5. The smallest absolute Gasteiger partial charge is 0.200 e. The van der Waals surface area contributed by atoms with Gasteiger partial charge in [-0.05, 0) is 36.8 Å². The first-order valence-electron chi connectivity index (χ1n) is 7.51. The molecule has 0 bridgehead atoms. The zero-order chi connectivity index (χ0) is 17.5. The second kappa shape index (κ2) is 10.3. The number of halogens is 1. The molecule has 0 aliphatic rings. The zero-order valence-electron chi connectivity index (χ0n) is 14.8. The molecule has 0 aliphatic heterocycles. The highest BCUT2D eigenvalue weighted by atomic mass is 127. The van der Waals surface area contributed by atoms with E-state index in [1.807, 2.05) is 0 Å². The summed E-state index contributed by atoms with van der Waals surface area (Å²) in [4.78, 5) is 6.76. The number of phenols is 1. The molecule has 0 spiro atoms. The molecule has 6 nitrogen and oxygen atoms in total. The standard InChI is InChI=1S/C17H23N3O3S.HI/c1-11-5-6-13(24-11)10-20-17(18-2)19-9-12-7-14(22-3)16(21)15(8-12)23-4;/h5-8,21H,9-10H2,1-4H3,(H2,18,19,20);1H. The number of aromatic hydroxyl groups is 1. The number of guanidine groups is 1. The largest absolute Gasteiger partial charge is 0.502 e. The van der Waals surface area contributed by atoms with Crippen molar-refractivity contribution in [2.24, 2.45) is 4.99 Å². The van der Waals surface area contributed by atoms with Crippen molar-refractivity contribution in [3.63, 3.8) is 0 Å². The zero-order valence-corrected chi connectivity index (χ0v) is 17.9. The number of thiophene rings is 1. The van der Waals surface area contributed by atoms with Crippen molar-refractivity contribution >= 4 is 41.3 Å². The van der Waals surface area contributed by atoms with Gasteiger partial charge in [-0.1, -0.05) is 0 Å². The number of rotatable bonds is 6. The fourth-order valence-electron chi connectivity index (χ4n) is 2.21. The van der Waals surface area contributed by atoms with E-state index in [1.165, 1.54) is 24.0 Å². The fraction of sp³-hybridized carbons (Fsp3) is 0.353. The van der Waals surface area contributed by atoms with Crippen LogP contribution in [0.25, 0.3) is 0 Å². The Morgan fingerprint density at radius 2 is 1.72 bits per heavy atom. The Kier molecular flexibility index (Phi) is 8.84. The lowest BCUT2D eigenvalue weighted by Gasteiger charge is -2.14. The van der Waals surface area contributed by atoms with Gasteiger partial charge in [-0.25, -0.2) is 0 Å². The molecule has 0 radical (unpaired) electrons. The number of hydrogen-bond donors (Lipinski definition) is 3. The van der Waals surface area contributed by atoms with Gasteiger partial charge in [0.1, 0.15) is 0 Å². The van der Waals surface area contributed by atoms with Gasteiger partial charge in [-0.2, -0.15) is 0 Å². The van der Waals surface area contributed by atoms with Gasteiger partial charge in [0, 0.05) is 23.3 Å². The van der Waals surface area contributed by atoms with Gasteiger partial charge in [0.15, 0.2) is 17.5 Å². The quantitative estimate of drug-likeness (QED) is 0.339. The van der Waals surface area contributed by atoms with Crippen molar-refractivity contribution in [1.29, 1.82) is 0 Å². The van der Waals surface area contributed by atoms with Crippen LogP contribution in [0.4, 0.5) is 0 Å². The van der Waals surface area contributed by atoms with Crippen LogP contribution in [-0.2, 0) is 13.1 Å². The number of methoxy groups -OCH3 is 2. The SMILES string of the molecule is CN=C(NCc1cc(OC)c(O)c(OC)c1)NCc1ccc(C)s1.I. The first-order valence-corrected chi connectivity index (χ1v) is 8.32. The van der Waals surface area contributed by atoms with Crippen LogP contribution in [0.15, 0.2) is 29.3 Å². The summed E-state index contributed by atoms with van der Waals surface area (Å²) >= 11 is 1.76. The van der Waals surface area contributed by atoms with Crippen molar-refractivity contribution in [2.75, 3.05) is 21.3 Å². The Balaban J connectivity index is 0.00000312. The molecule has 8 heteroatoms. The molecule has 1 heterocycles. The Morgan fingerprint density at radius 3 is 2.20 bits per heavy atom. The lowest BCUT2D eigenvalue weighted by molar-refractivity contribution is 0.339. The molecule has 0 unspecified atom stereocenters. The van der Waals surface area contributed by atoms with E-state index in [9.17, 15) is 5.11 Å². The molecular weight excluding hydrogens is 453 g/mol.